The summed E-state index contributed by atoms with van der Waals surface area (Å²) >= 11 is 5.49. The van der Waals surface area contributed by atoms with Gasteiger partial charge in [-0.15, -0.1) is 0 Å². The van der Waals surface area contributed by atoms with Gasteiger partial charge in [-0.2, -0.15) is 0 Å². The third-order valence-corrected chi connectivity index (χ3v) is 4.01. The lowest BCUT2D eigenvalue weighted by atomic mass is 9.93. The Morgan fingerprint density at radius 3 is 2.18 bits per heavy atom. The van der Waals surface area contributed by atoms with Crippen LogP contribution in [0.5, 0.6) is 0 Å². The molecule has 0 spiro atoms. The van der Waals surface area contributed by atoms with E-state index in [0.29, 0.717) is 11.0 Å². The molecule has 0 radical (unpaired) electrons. The fourth-order valence-electron chi connectivity index (χ4n) is 2.48. The molecule has 0 aliphatic rings. The molecule has 2 aromatic rings. The molecule has 2 rings (SSSR count). The van der Waals surface area contributed by atoms with Crippen molar-refractivity contribution in [1.82, 2.24) is 5.32 Å². The minimum absolute atomic E-state index is 0.201. The third-order valence-electron chi connectivity index (χ3n) is 3.79. The molecule has 2 aromatic carbocycles. The van der Waals surface area contributed by atoms with Crippen LogP contribution in [0.4, 0.5) is 5.69 Å². The molecular weight excluding hydrogens is 288 g/mol. The summed E-state index contributed by atoms with van der Waals surface area (Å²) in [5, 5.41) is 7.38. The van der Waals surface area contributed by atoms with E-state index in [1.807, 2.05) is 12.1 Å². The summed E-state index contributed by atoms with van der Waals surface area (Å²) < 4.78 is 0. The van der Waals surface area contributed by atoms with Crippen molar-refractivity contribution in [2.45, 2.75) is 33.7 Å². The summed E-state index contributed by atoms with van der Waals surface area (Å²) in [6.45, 7) is 8.63. The van der Waals surface area contributed by atoms with Gasteiger partial charge in [-0.25, -0.2) is 0 Å². The average molecular weight is 312 g/mol. The molecule has 0 aromatic heterocycles. The maximum Gasteiger partial charge on any atom is 0.171 e. The van der Waals surface area contributed by atoms with E-state index in [-0.39, 0.29) is 6.04 Å². The van der Waals surface area contributed by atoms with Crippen molar-refractivity contribution in [3.8, 4) is 0 Å². The number of nitrogens with one attached hydrogen (secondary N) is 2. The van der Waals surface area contributed by atoms with Crippen LogP contribution in [0.3, 0.4) is 0 Å². The molecule has 0 fully saturated rings. The van der Waals surface area contributed by atoms with Crippen molar-refractivity contribution in [3.63, 3.8) is 0 Å². The van der Waals surface area contributed by atoms with Gasteiger partial charge in [0.1, 0.15) is 0 Å². The van der Waals surface area contributed by atoms with Crippen molar-refractivity contribution >= 4 is 23.0 Å². The van der Waals surface area contributed by atoms with E-state index in [2.05, 4.69) is 74.7 Å². The van der Waals surface area contributed by atoms with Crippen LogP contribution >= 0.6 is 12.2 Å². The van der Waals surface area contributed by atoms with Gasteiger partial charge in [0.15, 0.2) is 5.11 Å². The van der Waals surface area contributed by atoms with Gasteiger partial charge in [-0.3, -0.25) is 0 Å². The van der Waals surface area contributed by atoms with E-state index in [4.69, 9.17) is 12.2 Å². The molecule has 0 bridgehead atoms. The van der Waals surface area contributed by atoms with Crippen LogP contribution in [-0.2, 0) is 0 Å². The molecule has 0 aliphatic carbocycles. The summed E-state index contributed by atoms with van der Waals surface area (Å²) in [4.78, 5) is 0. The molecule has 22 heavy (non-hydrogen) atoms. The van der Waals surface area contributed by atoms with Gasteiger partial charge in [0.05, 0.1) is 6.04 Å². The van der Waals surface area contributed by atoms with Crippen LogP contribution < -0.4 is 10.6 Å². The predicted octanol–water partition coefficient (Wildman–Crippen LogP) is 4.99. The molecule has 116 valence electrons. The highest BCUT2D eigenvalue weighted by Gasteiger charge is 2.18. The molecule has 1 atom stereocenters. The first-order valence-electron chi connectivity index (χ1n) is 7.67. The third kappa shape index (κ3) is 4.31. The number of hydrogen-bond donors (Lipinski definition) is 2. The molecule has 0 heterocycles. The second-order valence-corrected chi connectivity index (χ2v) is 6.45. The van der Waals surface area contributed by atoms with Gasteiger partial charge >= 0.3 is 0 Å². The van der Waals surface area contributed by atoms with Gasteiger partial charge in [0.2, 0.25) is 0 Å². The lowest BCUT2D eigenvalue weighted by Gasteiger charge is -2.26. The zero-order chi connectivity index (χ0) is 16.1. The zero-order valence-electron chi connectivity index (χ0n) is 13.7. The summed E-state index contributed by atoms with van der Waals surface area (Å²) in [7, 11) is 0. The van der Waals surface area contributed by atoms with E-state index in [1.165, 1.54) is 16.7 Å². The number of aryl methyl sites for hydroxylation is 2. The smallest absolute Gasteiger partial charge is 0.171 e. The molecule has 0 saturated heterocycles. The molecule has 0 amide bonds. The highest BCUT2D eigenvalue weighted by molar-refractivity contribution is 7.80. The Morgan fingerprint density at radius 1 is 0.955 bits per heavy atom. The highest BCUT2D eigenvalue weighted by atomic mass is 32.1. The maximum absolute atomic E-state index is 5.49. The van der Waals surface area contributed by atoms with E-state index >= 15 is 0 Å². The SMILES string of the molecule is Cc1ccc(NC(=S)N[C@@H](c2ccccc2C)C(C)C)cc1. The Kier molecular flexibility index (Phi) is 5.56. The van der Waals surface area contributed by atoms with Crippen LogP contribution in [-0.4, -0.2) is 5.11 Å². The van der Waals surface area contributed by atoms with Gasteiger partial charge in [0.25, 0.3) is 0 Å². The van der Waals surface area contributed by atoms with Crippen LogP contribution in [0.15, 0.2) is 48.5 Å². The molecule has 2 N–H and O–H groups in total. The maximum atomic E-state index is 5.49. The lowest BCUT2D eigenvalue weighted by molar-refractivity contribution is 0.471. The molecule has 3 heteroatoms. The Bertz CT molecular complexity index is 632. The van der Waals surface area contributed by atoms with Crippen molar-refractivity contribution in [2.24, 2.45) is 5.92 Å². The minimum Gasteiger partial charge on any atom is -0.355 e. The van der Waals surface area contributed by atoms with Gasteiger partial charge in [-0.05, 0) is 55.2 Å². The number of benzene rings is 2. The Balaban J connectivity index is 2.10. The Morgan fingerprint density at radius 2 is 1.59 bits per heavy atom. The summed E-state index contributed by atoms with van der Waals surface area (Å²) in [6, 6.07) is 16.9. The molecule has 0 unspecified atom stereocenters. The second kappa shape index (κ2) is 7.41. The molecule has 0 saturated carbocycles. The minimum atomic E-state index is 0.201. The van der Waals surface area contributed by atoms with Gasteiger partial charge < -0.3 is 10.6 Å². The van der Waals surface area contributed by atoms with Crippen LogP contribution in [0.2, 0.25) is 0 Å². The lowest BCUT2D eigenvalue weighted by Crippen LogP contribution is -2.35. The standard InChI is InChI=1S/C19H24N2S/c1-13(2)18(17-8-6-5-7-15(17)4)21-19(22)20-16-11-9-14(3)10-12-16/h5-13,18H,1-4H3,(H2,20,21,22)/t18-/m1/s1. The summed E-state index contributed by atoms with van der Waals surface area (Å²) in [6.07, 6.45) is 0. The number of anilines is 1. The number of hydrogen-bond acceptors (Lipinski definition) is 1. The van der Waals surface area contributed by atoms with Crippen LogP contribution in [0.25, 0.3) is 0 Å². The zero-order valence-corrected chi connectivity index (χ0v) is 14.5. The Hall–Kier alpha value is -1.87. The monoisotopic (exact) mass is 312 g/mol. The largest absolute Gasteiger partial charge is 0.355 e. The van der Waals surface area contributed by atoms with Crippen LogP contribution in [0, 0.1) is 19.8 Å². The van der Waals surface area contributed by atoms with E-state index in [0.717, 1.165) is 5.69 Å². The highest BCUT2D eigenvalue weighted by Crippen LogP contribution is 2.24. The summed E-state index contributed by atoms with van der Waals surface area (Å²) in [5.74, 6) is 0.443. The van der Waals surface area contributed by atoms with Gasteiger partial charge in [-0.1, -0.05) is 55.8 Å². The normalized spacial score (nSPS) is 12.0. The van der Waals surface area contributed by atoms with E-state index in [1.54, 1.807) is 0 Å². The van der Waals surface area contributed by atoms with E-state index < -0.39 is 0 Å². The molecular formula is C19H24N2S. The predicted molar refractivity (Wildman–Crippen MR) is 99.3 cm³/mol. The quantitative estimate of drug-likeness (QED) is 0.778. The van der Waals surface area contributed by atoms with E-state index in [9.17, 15) is 0 Å². The van der Waals surface area contributed by atoms with Crippen molar-refractivity contribution in [3.05, 3.63) is 65.2 Å². The van der Waals surface area contributed by atoms with Crippen molar-refractivity contribution in [1.29, 1.82) is 0 Å². The summed E-state index contributed by atoms with van der Waals surface area (Å²) in [5.41, 5.74) is 4.83. The number of rotatable bonds is 4. The van der Waals surface area contributed by atoms with Gasteiger partial charge in [0, 0.05) is 5.69 Å². The van der Waals surface area contributed by atoms with Crippen LogP contribution in [0.1, 0.15) is 36.6 Å². The molecule has 2 nitrogen and oxygen atoms in total. The van der Waals surface area contributed by atoms with Crippen molar-refractivity contribution in [2.75, 3.05) is 5.32 Å². The first-order valence-corrected chi connectivity index (χ1v) is 8.08. The fraction of sp³-hybridized carbons (Fsp3) is 0.316. The topological polar surface area (TPSA) is 24.1 Å². The Labute approximate surface area is 139 Å². The first kappa shape index (κ1) is 16.5. The van der Waals surface area contributed by atoms with Crippen molar-refractivity contribution < 1.29 is 0 Å². The second-order valence-electron chi connectivity index (χ2n) is 6.04. The average Bonchev–Trinajstić information content (AvgIpc) is 2.48. The first-order chi connectivity index (χ1) is 10.5. The molecule has 0 aliphatic heterocycles. The number of thiocarbonyl (C=S) groups is 1. The fourth-order valence-corrected chi connectivity index (χ4v) is 2.73.